The van der Waals surface area contributed by atoms with E-state index >= 15 is 0 Å². The van der Waals surface area contributed by atoms with Gasteiger partial charge in [0.15, 0.2) is 0 Å². The molecule has 3 amide bonds. The van der Waals surface area contributed by atoms with Crippen molar-refractivity contribution in [3.63, 3.8) is 0 Å². The van der Waals surface area contributed by atoms with E-state index in [1.54, 1.807) is 51.1 Å². The lowest BCUT2D eigenvalue weighted by atomic mass is 10.1. The Labute approximate surface area is 148 Å². The van der Waals surface area contributed by atoms with Gasteiger partial charge in [-0.3, -0.25) is 9.59 Å². The number of benzene rings is 1. The van der Waals surface area contributed by atoms with E-state index in [1.807, 2.05) is 0 Å². The quantitative estimate of drug-likeness (QED) is 0.623. The minimum absolute atomic E-state index is 0.337. The van der Waals surface area contributed by atoms with E-state index < -0.39 is 23.6 Å². The molecule has 0 aliphatic carbocycles. The maximum absolute atomic E-state index is 12.1. The van der Waals surface area contributed by atoms with Crippen LogP contribution in [0.2, 0.25) is 0 Å². The number of carbonyl (C=O) groups is 3. The predicted octanol–water partition coefficient (Wildman–Crippen LogP) is 1.97. The summed E-state index contributed by atoms with van der Waals surface area (Å²) in [5, 5.41) is 5.28. The summed E-state index contributed by atoms with van der Waals surface area (Å²) >= 11 is 0. The minimum atomic E-state index is -0.741. The summed E-state index contributed by atoms with van der Waals surface area (Å²) in [6, 6.07) is 7.89. The number of amides is 3. The zero-order valence-electron chi connectivity index (χ0n) is 15.0. The number of hydrogen-bond acceptors (Lipinski definition) is 4. The van der Waals surface area contributed by atoms with Gasteiger partial charge in [0, 0.05) is 12.1 Å². The van der Waals surface area contributed by atoms with Gasteiger partial charge < -0.3 is 21.1 Å². The van der Waals surface area contributed by atoms with Crippen LogP contribution in [-0.2, 0) is 9.53 Å². The molecule has 0 aliphatic heterocycles. The molecule has 0 radical (unpaired) electrons. The topological polar surface area (TPSA) is 111 Å². The van der Waals surface area contributed by atoms with Crippen LogP contribution in [0.25, 0.3) is 0 Å². The van der Waals surface area contributed by atoms with Gasteiger partial charge in [0.25, 0.3) is 5.91 Å². The summed E-state index contributed by atoms with van der Waals surface area (Å²) in [5.74, 6) is -0.916. The Balaban J connectivity index is 2.33. The van der Waals surface area contributed by atoms with E-state index in [0.29, 0.717) is 31.4 Å². The summed E-state index contributed by atoms with van der Waals surface area (Å²) in [6.07, 6.45) is 1.20. The normalized spacial score (nSPS) is 12.1. The van der Waals surface area contributed by atoms with Crippen molar-refractivity contribution in [2.75, 3.05) is 6.54 Å². The van der Waals surface area contributed by atoms with E-state index in [9.17, 15) is 14.4 Å². The molecule has 138 valence electrons. The first-order chi connectivity index (χ1) is 11.7. The lowest BCUT2D eigenvalue weighted by Gasteiger charge is -2.19. The number of unbranched alkanes of at least 4 members (excludes halogenated alkanes) is 1. The lowest BCUT2D eigenvalue weighted by molar-refractivity contribution is -0.120. The third kappa shape index (κ3) is 8.74. The molecule has 0 fully saturated rings. The molecular weight excluding hydrogens is 322 g/mol. The van der Waals surface area contributed by atoms with E-state index in [1.165, 1.54) is 0 Å². The molecule has 1 atom stereocenters. The molecule has 0 aliphatic rings. The van der Waals surface area contributed by atoms with Gasteiger partial charge in [-0.15, -0.1) is 0 Å². The fourth-order valence-corrected chi connectivity index (χ4v) is 2.09. The van der Waals surface area contributed by atoms with E-state index in [0.717, 1.165) is 0 Å². The van der Waals surface area contributed by atoms with Crippen LogP contribution in [0, 0.1) is 0 Å². The summed E-state index contributed by atoms with van der Waals surface area (Å²) in [6.45, 7) is 5.80. The van der Waals surface area contributed by atoms with Crippen molar-refractivity contribution in [1.29, 1.82) is 0 Å². The number of carbonyl (C=O) groups excluding carboxylic acids is 3. The maximum atomic E-state index is 12.1. The second-order valence-corrected chi connectivity index (χ2v) is 6.72. The van der Waals surface area contributed by atoms with Gasteiger partial charge in [-0.25, -0.2) is 4.79 Å². The van der Waals surface area contributed by atoms with Gasteiger partial charge in [-0.1, -0.05) is 18.2 Å². The number of alkyl carbamates (subject to hydrolysis) is 1. The molecular formula is C18H27N3O4. The number of rotatable bonds is 8. The van der Waals surface area contributed by atoms with Gasteiger partial charge >= 0.3 is 6.09 Å². The van der Waals surface area contributed by atoms with E-state index in [4.69, 9.17) is 10.5 Å². The fraction of sp³-hybridized carbons (Fsp3) is 0.500. The molecule has 0 saturated heterocycles. The highest BCUT2D eigenvalue weighted by Crippen LogP contribution is 2.07. The predicted molar refractivity (Wildman–Crippen MR) is 95.0 cm³/mol. The Morgan fingerprint density at radius 2 is 1.76 bits per heavy atom. The number of nitrogens with one attached hydrogen (secondary N) is 2. The number of ether oxygens (including phenoxy) is 1. The smallest absolute Gasteiger partial charge is 0.407 e. The average molecular weight is 349 g/mol. The molecule has 7 nitrogen and oxygen atoms in total. The van der Waals surface area contributed by atoms with Crippen LogP contribution in [0.5, 0.6) is 0 Å². The Morgan fingerprint density at radius 1 is 1.12 bits per heavy atom. The molecule has 0 spiro atoms. The first-order valence-electron chi connectivity index (χ1n) is 8.31. The zero-order chi connectivity index (χ0) is 18.9. The first-order valence-corrected chi connectivity index (χ1v) is 8.31. The third-order valence-corrected chi connectivity index (χ3v) is 3.27. The highest BCUT2D eigenvalue weighted by Gasteiger charge is 2.19. The van der Waals surface area contributed by atoms with Crippen molar-refractivity contribution in [3.8, 4) is 0 Å². The van der Waals surface area contributed by atoms with Crippen molar-refractivity contribution in [2.45, 2.75) is 51.7 Å². The molecule has 25 heavy (non-hydrogen) atoms. The Morgan fingerprint density at radius 3 is 2.32 bits per heavy atom. The fourth-order valence-electron chi connectivity index (χ4n) is 2.09. The van der Waals surface area contributed by atoms with Crippen LogP contribution >= 0.6 is 0 Å². The van der Waals surface area contributed by atoms with Crippen LogP contribution in [0.3, 0.4) is 0 Å². The average Bonchev–Trinajstić information content (AvgIpc) is 2.52. The van der Waals surface area contributed by atoms with Gasteiger partial charge in [0.2, 0.25) is 5.91 Å². The summed E-state index contributed by atoms with van der Waals surface area (Å²) in [5.41, 5.74) is 5.29. The zero-order valence-corrected chi connectivity index (χ0v) is 15.0. The second kappa shape index (κ2) is 9.66. The van der Waals surface area contributed by atoms with Crippen molar-refractivity contribution in [3.05, 3.63) is 35.9 Å². The monoisotopic (exact) mass is 349 g/mol. The molecule has 4 N–H and O–H groups in total. The Hall–Kier alpha value is -2.57. The molecule has 0 bridgehead atoms. The van der Waals surface area contributed by atoms with Crippen molar-refractivity contribution >= 4 is 17.9 Å². The summed E-state index contributed by atoms with van der Waals surface area (Å²) in [7, 11) is 0. The number of hydrogen-bond donors (Lipinski definition) is 3. The third-order valence-electron chi connectivity index (χ3n) is 3.27. The van der Waals surface area contributed by atoms with Crippen LogP contribution in [0.15, 0.2) is 30.3 Å². The van der Waals surface area contributed by atoms with Crippen LogP contribution in [-0.4, -0.2) is 36.1 Å². The molecule has 1 aromatic carbocycles. The Kier molecular flexibility index (Phi) is 7.91. The number of nitrogens with two attached hydrogens (primary N) is 1. The first kappa shape index (κ1) is 20.5. The van der Waals surface area contributed by atoms with Crippen LogP contribution < -0.4 is 16.4 Å². The standard InChI is InChI=1S/C18H27N3O4/c1-18(2,3)25-17(24)20-12-8-7-11-14(15(19)22)21-16(23)13-9-5-4-6-10-13/h4-6,9-10,14H,7-8,11-12H2,1-3H3,(H2,19,22)(H,20,24)(H,21,23)/t14-/m1/s1. The molecule has 1 rings (SSSR count). The molecule has 0 unspecified atom stereocenters. The minimum Gasteiger partial charge on any atom is -0.444 e. The van der Waals surface area contributed by atoms with Gasteiger partial charge in [0.05, 0.1) is 0 Å². The van der Waals surface area contributed by atoms with Gasteiger partial charge in [-0.05, 0) is 52.2 Å². The molecule has 0 saturated carbocycles. The van der Waals surface area contributed by atoms with E-state index in [-0.39, 0.29) is 5.91 Å². The van der Waals surface area contributed by atoms with E-state index in [2.05, 4.69) is 10.6 Å². The second-order valence-electron chi connectivity index (χ2n) is 6.72. The van der Waals surface area contributed by atoms with Crippen molar-refractivity contribution in [2.24, 2.45) is 5.73 Å². The molecule has 0 aromatic heterocycles. The van der Waals surface area contributed by atoms with Crippen LogP contribution in [0.1, 0.15) is 50.4 Å². The maximum Gasteiger partial charge on any atom is 0.407 e. The highest BCUT2D eigenvalue weighted by atomic mass is 16.6. The SMILES string of the molecule is CC(C)(C)OC(=O)NCCCC[C@@H](NC(=O)c1ccccc1)C(N)=O. The van der Waals surface area contributed by atoms with Gasteiger partial charge in [-0.2, -0.15) is 0 Å². The molecule has 7 heteroatoms. The highest BCUT2D eigenvalue weighted by molar-refractivity contribution is 5.97. The summed E-state index contributed by atoms with van der Waals surface area (Å²) < 4.78 is 5.12. The summed E-state index contributed by atoms with van der Waals surface area (Å²) in [4.78, 5) is 35.1. The van der Waals surface area contributed by atoms with Crippen LogP contribution in [0.4, 0.5) is 4.79 Å². The Bertz CT molecular complexity index is 582. The largest absolute Gasteiger partial charge is 0.444 e. The van der Waals surface area contributed by atoms with Crippen molar-refractivity contribution in [1.82, 2.24) is 10.6 Å². The lowest BCUT2D eigenvalue weighted by Crippen LogP contribution is -2.44. The molecule has 0 heterocycles. The van der Waals surface area contributed by atoms with Crippen molar-refractivity contribution < 1.29 is 19.1 Å². The van der Waals surface area contributed by atoms with Gasteiger partial charge in [0.1, 0.15) is 11.6 Å². The molecule has 1 aromatic rings. The number of primary amides is 1.